The number of imidazole rings is 1. The topological polar surface area (TPSA) is 74.6 Å². The first-order valence-corrected chi connectivity index (χ1v) is 9.33. The van der Waals surface area contributed by atoms with Crippen molar-refractivity contribution in [3.05, 3.63) is 48.2 Å². The minimum Gasteiger partial charge on any atom is -0.367 e. The first kappa shape index (κ1) is 17.5. The van der Waals surface area contributed by atoms with E-state index in [0.717, 1.165) is 42.4 Å². The van der Waals surface area contributed by atoms with Gasteiger partial charge in [-0.3, -0.25) is 9.69 Å². The van der Waals surface area contributed by atoms with Gasteiger partial charge in [0.1, 0.15) is 5.82 Å². The van der Waals surface area contributed by atoms with Crippen molar-refractivity contribution in [2.24, 2.45) is 0 Å². The van der Waals surface area contributed by atoms with Crippen LogP contribution in [-0.4, -0.2) is 57.6 Å². The van der Waals surface area contributed by atoms with Crippen LogP contribution in [0.4, 0.5) is 5.82 Å². The number of nitrogens with zero attached hydrogens (tertiary/aromatic N) is 4. The van der Waals surface area contributed by atoms with Crippen LogP contribution in [0.3, 0.4) is 0 Å². The molecule has 140 valence electrons. The molecule has 1 aliphatic rings. The monoisotopic (exact) mass is 364 g/mol. The minimum atomic E-state index is -0.0592. The predicted molar refractivity (Wildman–Crippen MR) is 106 cm³/mol. The fraction of sp³-hybridized carbons (Fsp3) is 0.350. The Morgan fingerprint density at radius 1 is 1.04 bits per heavy atom. The van der Waals surface area contributed by atoms with Gasteiger partial charge < -0.3 is 10.6 Å². The molecule has 4 rings (SSSR count). The average Bonchev–Trinajstić information content (AvgIpc) is 3.09. The molecule has 1 aliphatic heterocycles. The van der Waals surface area contributed by atoms with Gasteiger partial charge in [-0.05, 0) is 38.1 Å². The van der Waals surface area contributed by atoms with Gasteiger partial charge in [-0.15, -0.1) is 5.10 Å². The average molecular weight is 364 g/mol. The van der Waals surface area contributed by atoms with E-state index >= 15 is 0 Å². The van der Waals surface area contributed by atoms with Crippen LogP contribution in [0.2, 0.25) is 0 Å². The summed E-state index contributed by atoms with van der Waals surface area (Å²) in [6.07, 6.45) is 1.79. The Hall–Kier alpha value is -2.93. The molecule has 3 aromatic rings. The van der Waals surface area contributed by atoms with Gasteiger partial charge in [-0.1, -0.05) is 12.1 Å². The first-order chi connectivity index (χ1) is 13.1. The summed E-state index contributed by atoms with van der Waals surface area (Å²) in [6.45, 7) is 7.41. The van der Waals surface area contributed by atoms with Crippen molar-refractivity contribution in [2.75, 3.05) is 31.5 Å². The lowest BCUT2D eigenvalue weighted by molar-refractivity contribution is 0.0946. The molecule has 1 aromatic carbocycles. The fourth-order valence-electron chi connectivity index (χ4n) is 3.36. The number of carbonyl (C=O) groups excluding carboxylic acids is 1. The molecule has 0 unspecified atom stereocenters. The third kappa shape index (κ3) is 3.64. The summed E-state index contributed by atoms with van der Waals surface area (Å²) in [5.74, 6) is 0.752. The Kier molecular flexibility index (Phi) is 4.77. The fourth-order valence-corrected chi connectivity index (χ4v) is 3.36. The van der Waals surface area contributed by atoms with E-state index in [4.69, 9.17) is 5.10 Å². The van der Waals surface area contributed by atoms with E-state index in [0.29, 0.717) is 18.2 Å². The van der Waals surface area contributed by atoms with E-state index in [9.17, 15) is 4.79 Å². The smallest absolute Gasteiger partial charge is 0.251 e. The zero-order chi connectivity index (χ0) is 18.8. The summed E-state index contributed by atoms with van der Waals surface area (Å²) >= 11 is 0. The molecule has 0 spiro atoms. The van der Waals surface area contributed by atoms with Crippen molar-refractivity contribution in [1.82, 2.24) is 24.8 Å². The van der Waals surface area contributed by atoms with Crippen molar-refractivity contribution < 1.29 is 4.79 Å². The van der Waals surface area contributed by atoms with E-state index in [1.165, 1.54) is 0 Å². The largest absolute Gasteiger partial charge is 0.367 e. The number of carbonyl (C=O) groups is 1. The van der Waals surface area contributed by atoms with Gasteiger partial charge in [0.25, 0.3) is 5.91 Å². The normalized spacial score (nSPS) is 16.0. The highest BCUT2D eigenvalue weighted by atomic mass is 16.1. The lowest BCUT2D eigenvalue weighted by atomic mass is 10.1. The molecule has 7 nitrogen and oxygen atoms in total. The van der Waals surface area contributed by atoms with Crippen LogP contribution in [0.5, 0.6) is 0 Å². The lowest BCUT2D eigenvalue weighted by Crippen LogP contribution is -2.41. The van der Waals surface area contributed by atoms with Crippen LogP contribution in [0.25, 0.3) is 16.9 Å². The zero-order valence-electron chi connectivity index (χ0n) is 15.6. The molecule has 27 heavy (non-hydrogen) atoms. The summed E-state index contributed by atoms with van der Waals surface area (Å²) in [4.78, 5) is 19.3. The lowest BCUT2D eigenvalue weighted by Gasteiger charge is -2.26. The van der Waals surface area contributed by atoms with Crippen LogP contribution in [0.1, 0.15) is 24.2 Å². The summed E-state index contributed by atoms with van der Waals surface area (Å²) in [5.41, 5.74) is 3.20. The van der Waals surface area contributed by atoms with Gasteiger partial charge in [0.05, 0.1) is 11.9 Å². The van der Waals surface area contributed by atoms with Crippen molar-refractivity contribution in [2.45, 2.75) is 19.9 Å². The molecule has 0 radical (unpaired) electrons. The number of fused-ring (bicyclic) bond motifs is 4. The Bertz CT molecular complexity index is 964. The van der Waals surface area contributed by atoms with Crippen molar-refractivity contribution in [1.29, 1.82) is 0 Å². The molecule has 0 saturated heterocycles. The Balaban J connectivity index is 1.76. The van der Waals surface area contributed by atoms with Crippen LogP contribution in [-0.2, 0) is 0 Å². The Morgan fingerprint density at radius 3 is 2.63 bits per heavy atom. The maximum atomic E-state index is 12.6. The molecular formula is C20H24N6O. The predicted octanol–water partition coefficient (Wildman–Crippen LogP) is 2.26. The van der Waals surface area contributed by atoms with Crippen molar-refractivity contribution in [3.8, 4) is 11.3 Å². The second kappa shape index (κ2) is 7.36. The van der Waals surface area contributed by atoms with Crippen LogP contribution >= 0.6 is 0 Å². The molecular weight excluding hydrogens is 340 g/mol. The molecule has 2 aromatic heterocycles. The highest BCUT2D eigenvalue weighted by Gasteiger charge is 2.14. The Morgan fingerprint density at radius 2 is 1.81 bits per heavy atom. The van der Waals surface area contributed by atoms with Gasteiger partial charge in [0, 0.05) is 43.3 Å². The van der Waals surface area contributed by atoms with Crippen molar-refractivity contribution in [3.63, 3.8) is 0 Å². The molecule has 0 atom stereocenters. The molecule has 0 aliphatic carbocycles. The van der Waals surface area contributed by atoms with Crippen LogP contribution < -0.4 is 10.6 Å². The zero-order valence-corrected chi connectivity index (χ0v) is 15.6. The number of hydrogen-bond donors (Lipinski definition) is 2. The van der Waals surface area contributed by atoms with Crippen molar-refractivity contribution >= 4 is 17.4 Å². The number of anilines is 1. The summed E-state index contributed by atoms with van der Waals surface area (Å²) in [7, 11) is 0. The number of nitrogens with one attached hydrogen (secondary N) is 2. The van der Waals surface area contributed by atoms with E-state index in [-0.39, 0.29) is 5.91 Å². The molecule has 4 bridgehead atoms. The SMILES string of the molecule is CC(C)N1CCNC(=O)c2cccc(c2)-c2cnc3ccc(nn23)NCC1. The van der Waals surface area contributed by atoms with Crippen LogP contribution in [0.15, 0.2) is 42.6 Å². The number of amides is 1. The maximum absolute atomic E-state index is 12.6. The number of rotatable bonds is 1. The number of hydrogen-bond acceptors (Lipinski definition) is 5. The second-order valence-electron chi connectivity index (χ2n) is 7.03. The molecule has 2 N–H and O–H groups in total. The van der Waals surface area contributed by atoms with Gasteiger partial charge in [-0.2, -0.15) is 0 Å². The van der Waals surface area contributed by atoms with E-state index in [1.54, 1.807) is 6.20 Å². The highest BCUT2D eigenvalue weighted by molar-refractivity contribution is 5.95. The van der Waals surface area contributed by atoms with E-state index < -0.39 is 0 Å². The molecule has 3 heterocycles. The molecule has 0 fully saturated rings. The van der Waals surface area contributed by atoms with Gasteiger partial charge >= 0.3 is 0 Å². The third-order valence-electron chi connectivity index (χ3n) is 4.90. The summed E-state index contributed by atoms with van der Waals surface area (Å²) < 4.78 is 1.82. The van der Waals surface area contributed by atoms with Gasteiger partial charge in [-0.25, -0.2) is 9.50 Å². The number of benzene rings is 1. The van der Waals surface area contributed by atoms with Crippen LogP contribution in [0, 0.1) is 0 Å². The minimum absolute atomic E-state index is 0.0592. The molecule has 7 heteroatoms. The van der Waals surface area contributed by atoms with E-state index in [1.807, 2.05) is 40.9 Å². The third-order valence-corrected chi connectivity index (χ3v) is 4.90. The van der Waals surface area contributed by atoms with E-state index in [2.05, 4.69) is 34.4 Å². The standard InChI is InChI=1S/C20H24N6O/c1-14(2)25-10-8-21-18-6-7-19-23-13-17(26(19)24-18)15-4-3-5-16(12-15)20(27)22-9-11-25/h3-7,12-14H,8-11H2,1-2H3,(H,21,24)(H,22,27). The molecule has 0 saturated carbocycles. The molecule has 1 amide bonds. The first-order valence-electron chi connectivity index (χ1n) is 9.33. The maximum Gasteiger partial charge on any atom is 0.251 e. The summed E-state index contributed by atoms with van der Waals surface area (Å²) in [5, 5.41) is 11.1. The number of aromatic nitrogens is 3. The highest BCUT2D eigenvalue weighted by Crippen LogP contribution is 2.22. The quantitative estimate of drug-likeness (QED) is 0.693. The summed E-state index contributed by atoms with van der Waals surface area (Å²) in [6, 6.07) is 11.9. The van der Waals surface area contributed by atoms with Gasteiger partial charge in [0.15, 0.2) is 5.65 Å². The van der Waals surface area contributed by atoms with Gasteiger partial charge in [0.2, 0.25) is 0 Å². The Labute approximate surface area is 158 Å². The second-order valence-corrected chi connectivity index (χ2v) is 7.03.